The van der Waals surface area contributed by atoms with E-state index in [4.69, 9.17) is 22.0 Å². The molecule has 1 aromatic carbocycles. The van der Waals surface area contributed by atoms with Gasteiger partial charge in [-0.15, -0.1) is 0 Å². The Morgan fingerprint density at radius 2 is 1.95 bits per heavy atom. The van der Waals surface area contributed by atoms with Gasteiger partial charge in [0.05, 0.1) is 22.6 Å². The second kappa shape index (κ2) is 6.65. The Morgan fingerprint density at radius 1 is 1.32 bits per heavy atom. The van der Waals surface area contributed by atoms with E-state index in [1.54, 1.807) is 0 Å². The number of nitrogens with one attached hydrogen (secondary N) is 1. The Hall–Kier alpha value is -1.62. The number of carbonyl (C=O) groups is 1. The summed E-state index contributed by atoms with van der Waals surface area (Å²) in [5, 5.41) is 17.8. The highest BCUT2D eigenvalue weighted by atomic mass is 35.5. The zero-order valence-electron chi connectivity index (χ0n) is 11.6. The molecule has 0 atom stereocenters. The number of rotatable bonds is 4. The summed E-state index contributed by atoms with van der Waals surface area (Å²) in [6.45, 7) is 0. The van der Waals surface area contributed by atoms with Gasteiger partial charge >= 0.3 is 5.97 Å². The quantitative estimate of drug-likeness (QED) is 0.871. The average molecular weight is 343 g/mol. The second-order valence-corrected chi connectivity index (χ2v) is 7.35. The maximum atomic E-state index is 12.4. The van der Waals surface area contributed by atoms with Crippen LogP contribution in [0.2, 0.25) is 5.02 Å². The molecule has 0 bridgehead atoms. The number of benzene rings is 1. The van der Waals surface area contributed by atoms with Gasteiger partial charge in [-0.1, -0.05) is 11.6 Å². The lowest BCUT2D eigenvalue weighted by Crippen LogP contribution is -2.38. The van der Waals surface area contributed by atoms with Gasteiger partial charge in [0.25, 0.3) is 0 Å². The second-order valence-electron chi connectivity index (χ2n) is 5.27. The van der Waals surface area contributed by atoms with E-state index in [1.807, 2.05) is 6.07 Å². The van der Waals surface area contributed by atoms with E-state index >= 15 is 0 Å². The molecule has 6 nitrogen and oxygen atoms in total. The Kier molecular flexibility index (Phi) is 5.06. The zero-order chi connectivity index (χ0) is 16.3. The molecule has 0 radical (unpaired) electrons. The molecule has 2 rings (SSSR count). The third kappa shape index (κ3) is 3.77. The first-order chi connectivity index (χ1) is 10.3. The monoisotopic (exact) mass is 342 g/mol. The molecule has 0 spiro atoms. The Balaban J connectivity index is 2.13. The van der Waals surface area contributed by atoms with Crippen LogP contribution in [-0.2, 0) is 14.8 Å². The molecule has 22 heavy (non-hydrogen) atoms. The van der Waals surface area contributed by atoms with Crippen molar-refractivity contribution in [2.24, 2.45) is 5.92 Å². The number of nitriles is 1. The molecule has 0 aromatic heterocycles. The van der Waals surface area contributed by atoms with Crippen LogP contribution in [0.4, 0.5) is 0 Å². The van der Waals surface area contributed by atoms with Crippen molar-refractivity contribution in [2.75, 3.05) is 0 Å². The van der Waals surface area contributed by atoms with Crippen LogP contribution in [0.5, 0.6) is 0 Å². The van der Waals surface area contributed by atoms with E-state index in [2.05, 4.69) is 4.72 Å². The van der Waals surface area contributed by atoms with Crippen molar-refractivity contribution in [2.45, 2.75) is 36.6 Å². The van der Waals surface area contributed by atoms with Crippen LogP contribution in [0.15, 0.2) is 23.1 Å². The van der Waals surface area contributed by atoms with Crippen LogP contribution in [0.3, 0.4) is 0 Å². The number of nitrogens with zero attached hydrogens (tertiary/aromatic N) is 1. The summed E-state index contributed by atoms with van der Waals surface area (Å²) < 4.78 is 27.3. The number of sulfonamides is 1. The largest absolute Gasteiger partial charge is 0.481 e. The fourth-order valence-electron chi connectivity index (χ4n) is 2.52. The molecular weight excluding hydrogens is 328 g/mol. The smallest absolute Gasteiger partial charge is 0.306 e. The standard InChI is InChI=1S/C14H15ClN2O4S/c15-12-6-1-9(8-16)7-13(12)22(20,21)17-11-4-2-10(3-5-11)14(18)19/h1,6-7,10-11,17H,2-5H2,(H,18,19). The molecule has 0 unspecified atom stereocenters. The van der Waals surface area contributed by atoms with Gasteiger partial charge in [0.2, 0.25) is 10.0 Å². The number of carboxylic acid groups (broad SMARTS) is 1. The van der Waals surface area contributed by atoms with E-state index in [9.17, 15) is 13.2 Å². The van der Waals surface area contributed by atoms with Gasteiger partial charge in [-0.3, -0.25) is 4.79 Å². The summed E-state index contributed by atoms with van der Waals surface area (Å²) in [5.74, 6) is -1.25. The van der Waals surface area contributed by atoms with E-state index in [0.29, 0.717) is 25.7 Å². The number of hydrogen-bond acceptors (Lipinski definition) is 4. The highest BCUT2D eigenvalue weighted by Crippen LogP contribution is 2.27. The minimum Gasteiger partial charge on any atom is -0.481 e. The first-order valence-corrected chi connectivity index (χ1v) is 8.64. The Labute approximate surface area is 133 Å². The predicted octanol–water partition coefficient (Wildman–Crippen LogP) is 2.13. The highest BCUT2D eigenvalue weighted by molar-refractivity contribution is 7.89. The summed E-state index contributed by atoms with van der Waals surface area (Å²) in [5.41, 5.74) is 0.208. The van der Waals surface area contributed by atoms with Crippen molar-refractivity contribution in [1.82, 2.24) is 4.72 Å². The van der Waals surface area contributed by atoms with Crippen LogP contribution >= 0.6 is 11.6 Å². The summed E-state index contributed by atoms with van der Waals surface area (Å²) in [4.78, 5) is 10.8. The third-order valence-electron chi connectivity index (χ3n) is 3.75. The van der Waals surface area contributed by atoms with E-state index in [-0.39, 0.29) is 21.5 Å². The molecule has 0 saturated heterocycles. The molecule has 1 aliphatic carbocycles. The van der Waals surface area contributed by atoms with E-state index in [1.165, 1.54) is 18.2 Å². The molecule has 118 valence electrons. The number of hydrogen-bond donors (Lipinski definition) is 2. The van der Waals surface area contributed by atoms with Crippen LogP contribution in [0.25, 0.3) is 0 Å². The van der Waals surface area contributed by atoms with Gasteiger partial charge in [0, 0.05) is 6.04 Å². The Bertz CT molecular complexity index is 719. The lowest BCUT2D eigenvalue weighted by molar-refractivity contribution is -0.142. The topological polar surface area (TPSA) is 107 Å². The van der Waals surface area contributed by atoms with Gasteiger partial charge < -0.3 is 5.11 Å². The molecular formula is C14H15ClN2O4S. The zero-order valence-corrected chi connectivity index (χ0v) is 13.2. The van der Waals surface area contributed by atoms with Crippen molar-refractivity contribution in [3.8, 4) is 6.07 Å². The lowest BCUT2D eigenvalue weighted by atomic mass is 9.87. The molecule has 1 aliphatic rings. The summed E-state index contributed by atoms with van der Waals surface area (Å²) in [6.07, 6.45) is 1.81. The molecule has 0 aliphatic heterocycles. The van der Waals surface area contributed by atoms with Gasteiger partial charge in [-0.05, 0) is 43.9 Å². The van der Waals surface area contributed by atoms with Crippen LogP contribution in [0, 0.1) is 17.2 Å². The molecule has 0 heterocycles. The molecule has 1 saturated carbocycles. The van der Waals surface area contributed by atoms with Gasteiger partial charge in [-0.2, -0.15) is 5.26 Å². The Morgan fingerprint density at radius 3 is 2.50 bits per heavy atom. The highest BCUT2D eigenvalue weighted by Gasteiger charge is 2.29. The number of carboxylic acids is 1. The maximum absolute atomic E-state index is 12.4. The van der Waals surface area contributed by atoms with Crippen LogP contribution < -0.4 is 4.72 Å². The van der Waals surface area contributed by atoms with Crippen molar-refractivity contribution in [3.05, 3.63) is 28.8 Å². The van der Waals surface area contributed by atoms with Gasteiger partial charge in [-0.25, -0.2) is 13.1 Å². The van der Waals surface area contributed by atoms with Crippen molar-refractivity contribution < 1.29 is 18.3 Å². The fourth-order valence-corrected chi connectivity index (χ4v) is 4.35. The lowest BCUT2D eigenvalue weighted by Gasteiger charge is -2.26. The molecule has 1 aromatic rings. The molecule has 8 heteroatoms. The third-order valence-corrected chi connectivity index (χ3v) is 5.75. The summed E-state index contributed by atoms with van der Waals surface area (Å²) >= 11 is 5.91. The fraction of sp³-hybridized carbons (Fsp3) is 0.429. The van der Waals surface area contributed by atoms with E-state index < -0.39 is 21.9 Å². The normalized spacial score (nSPS) is 22.0. The average Bonchev–Trinajstić information content (AvgIpc) is 2.47. The molecule has 0 amide bonds. The predicted molar refractivity (Wildman–Crippen MR) is 79.9 cm³/mol. The first kappa shape index (κ1) is 16.7. The number of halogens is 1. The minimum atomic E-state index is -3.84. The molecule has 2 N–H and O–H groups in total. The van der Waals surface area contributed by atoms with Crippen molar-refractivity contribution in [3.63, 3.8) is 0 Å². The van der Waals surface area contributed by atoms with Crippen molar-refractivity contribution >= 4 is 27.6 Å². The minimum absolute atomic E-state index is 0.0470. The summed E-state index contributed by atoms with van der Waals surface area (Å²) in [7, 11) is -3.84. The van der Waals surface area contributed by atoms with E-state index in [0.717, 1.165) is 0 Å². The van der Waals surface area contributed by atoms with Crippen molar-refractivity contribution in [1.29, 1.82) is 5.26 Å². The number of aliphatic carboxylic acids is 1. The first-order valence-electron chi connectivity index (χ1n) is 6.78. The van der Waals surface area contributed by atoms with Gasteiger partial charge in [0.15, 0.2) is 0 Å². The SMILES string of the molecule is N#Cc1ccc(Cl)c(S(=O)(=O)NC2CCC(C(=O)O)CC2)c1. The summed E-state index contributed by atoms with van der Waals surface area (Å²) in [6, 6.07) is 5.60. The maximum Gasteiger partial charge on any atom is 0.306 e. The van der Waals surface area contributed by atoms with Crippen LogP contribution in [-0.4, -0.2) is 25.5 Å². The van der Waals surface area contributed by atoms with Crippen LogP contribution in [0.1, 0.15) is 31.2 Å². The molecule has 1 fully saturated rings. The van der Waals surface area contributed by atoms with Gasteiger partial charge in [0.1, 0.15) is 4.90 Å².